The number of hydrogen-bond donors (Lipinski definition) is 0. The fraction of sp³-hybridized carbons (Fsp3) is 0.522. The number of carbonyl (C=O) groups is 2. The number of carbonyl (C=O) groups excluding carboxylic acids is 2. The summed E-state index contributed by atoms with van der Waals surface area (Å²) < 4.78 is 11.0. The summed E-state index contributed by atoms with van der Waals surface area (Å²) in [4.78, 5) is 27.4. The van der Waals surface area contributed by atoms with Crippen LogP contribution in [0.2, 0.25) is 0 Å². The van der Waals surface area contributed by atoms with Crippen molar-refractivity contribution >= 4 is 11.9 Å². The van der Waals surface area contributed by atoms with Gasteiger partial charge in [-0.15, -0.1) is 0 Å². The molecule has 0 N–H and O–H groups in total. The highest BCUT2D eigenvalue weighted by atomic mass is 16.5. The maximum absolute atomic E-state index is 12.9. The minimum Gasteiger partial charge on any atom is -0.466 e. The van der Waals surface area contributed by atoms with Crippen molar-refractivity contribution in [3.8, 4) is 11.3 Å². The molecule has 0 spiro atoms. The van der Waals surface area contributed by atoms with Crippen LogP contribution < -0.4 is 0 Å². The lowest BCUT2D eigenvalue weighted by Crippen LogP contribution is -2.48. The van der Waals surface area contributed by atoms with E-state index in [2.05, 4.69) is 12.1 Å². The Morgan fingerprint density at radius 2 is 1.93 bits per heavy atom. The van der Waals surface area contributed by atoms with E-state index >= 15 is 0 Å². The summed E-state index contributed by atoms with van der Waals surface area (Å²) >= 11 is 0. The van der Waals surface area contributed by atoms with E-state index in [1.54, 1.807) is 0 Å². The Balaban J connectivity index is 1.49. The molecule has 1 saturated heterocycles. The fourth-order valence-corrected chi connectivity index (χ4v) is 4.27. The Labute approximate surface area is 171 Å². The van der Waals surface area contributed by atoms with Crippen LogP contribution in [-0.2, 0) is 20.7 Å². The number of nitrogens with zero attached hydrogens (tertiary/aromatic N) is 2. The number of rotatable bonds is 6. The molecule has 29 heavy (non-hydrogen) atoms. The first-order valence-corrected chi connectivity index (χ1v) is 10.5. The van der Waals surface area contributed by atoms with Crippen LogP contribution in [0.15, 0.2) is 40.9 Å². The number of esters is 1. The molecule has 4 rings (SSSR count). The third-order valence-electron chi connectivity index (χ3n) is 6.31. The van der Waals surface area contributed by atoms with Gasteiger partial charge >= 0.3 is 5.97 Å². The molecular formula is C23H28N2O4. The third kappa shape index (κ3) is 4.07. The molecule has 2 atom stereocenters. The molecule has 6 nitrogen and oxygen atoms in total. The number of likely N-dealkylation sites (tertiary alicyclic amines) is 1. The topological polar surface area (TPSA) is 72.6 Å². The zero-order chi connectivity index (χ0) is 20.4. The summed E-state index contributed by atoms with van der Waals surface area (Å²) in [5, 5.41) is 4.18. The predicted molar refractivity (Wildman–Crippen MR) is 108 cm³/mol. The van der Waals surface area contributed by atoms with Gasteiger partial charge in [0.15, 0.2) is 0 Å². The number of hydrogen-bond acceptors (Lipinski definition) is 5. The van der Waals surface area contributed by atoms with Crippen LogP contribution in [0.4, 0.5) is 0 Å². The summed E-state index contributed by atoms with van der Waals surface area (Å²) in [7, 11) is 0. The summed E-state index contributed by atoms with van der Waals surface area (Å²) in [6.45, 7) is 5.44. The maximum atomic E-state index is 12.9. The lowest BCUT2D eigenvalue weighted by Gasteiger charge is -2.39. The van der Waals surface area contributed by atoms with Crippen molar-refractivity contribution in [3.05, 3.63) is 42.2 Å². The third-order valence-corrected chi connectivity index (χ3v) is 6.31. The van der Waals surface area contributed by atoms with Gasteiger partial charge in [0.25, 0.3) is 0 Å². The number of ether oxygens (including phenoxy) is 1. The van der Waals surface area contributed by atoms with E-state index < -0.39 is 5.41 Å². The van der Waals surface area contributed by atoms with Crippen molar-refractivity contribution in [2.75, 3.05) is 19.7 Å². The van der Waals surface area contributed by atoms with Gasteiger partial charge in [-0.05, 0) is 32.1 Å². The van der Waals surface area contributed by atoms with Gasteiger partial charge < -0.3 is 14.2 Å². The Morgan fingerprint density at radius 3 is 2.55 bits per heavy atom. The summed E-state index contributed by atoms with van der Waals surface area (Å²) in [6.07, 6.45) is 2.59. The fourth-order valence-electron chi connectivity index (χ4n) is 4.27. The average Bonchev–Trinajstić information content (AvgIpc) is 3.29. The van der Waals surface area contributed by atoms with E-state index in [1.165, 1.54) is 0 Å². The van der Waals surface area contributed by atoms with Gasteiger partial charge in [0.2, 0.25) is 5.91 Å². The standard InChI is InChI=1S/C23H28N2O4/c1-3-28-22(27)23(9-11-25(12-10-23)21(26)19-13-16(19)2)15-18-14-20(24-29-18)17-7-5-4-6-8-17/h4-8,14,16,19H,3,9-13,15H2,1-2H3/t16-,19+/m1/s1. The molecule has 2 aromatic rings. The second kappa shape index (κ2) is 8.01. The van der Waals surface area contributed by atoms with Crippen LogP contribution >= 0.6 is 0 Å². The monoisotopic (exact) mass is 396 g/mol. The Hall–Kier alpha value is -2.63. The first-order chi connectivity index (χ1) is 14.0. The second-order valence-electron chi connectivity index (χ2n) is 8.37. The van der Waals surface area contributed by atoms with Crippen LogP contribution in [0.3, 0.4) is 0 Å². The largest absolute Gasteiger partial charge is 0.466 e. The van der Waals surface area contributed by atoms with Crippen molar-refractivity contribution < 1.29 is 18.8 Å². The quantitative estimate of drug-likeness (QED) is 0.696. The normalized spacial score (nSPS) is 22.9. The summed E-state index contributed by atoms with van der Waals surface area (Å²) in [5.41, 5.74) is 1.07. The van der Waals surface area contributed by atoms with E-state index in [0.29, 0.717) is 50.6 Å². The van der Waals surface area contributed by atoms with Crippen molar-refractivity contribution in [1.82, 2.24) is 10.1 Å². The Morgan fingerprint density at radius 1 is 1.24 bits per heavy atom. The van der Waals surface area contributed by atoms with E-state index in [4.69, 9.17) is 9.26 Å². The van der Waals surface area contributed by atoms with E-state index in [1.807, 2.05) is 48.2 Å². The molecule has 1 aliphatic carbocycles. The van der Waals surface area contributed by atoms with Gasteiger partial charge in [-0.2, -0.15) is 0 Å². The molecule has 1 aromatic heterocycles. The molecular weight excluding hydrogens is 368 g/mol. The van der Waals surface area contributed by atoms with Gasteiger partial charge in [0.1, 0.15) is 11.5 Å². The van der Waals surface area contributed by atoms with Crippen molar-refractivity contribution in [2.24, 2.45) is 17.3 Å². The minimum absolute atomic E-state index is 0.174. The average molecular weight is 396 g/mol. The smallest absolute Gasteiger partial charge is 0.312 e. The summed E-state index contributed by atoms with van der Waals surface area (Å²) in [5.74, 6) is 1.37. The molecule has 2 aliphatic rings. The minimum atomic E-state index is -0.671. The lowest BCUT2D eigenvalue weighted by molar-refractivity contribution is -0.160. The van der Waals surface area contributed by atoms with Gasteiger partial charge in [-0.1, -0.05) is 42.4 Å². The molecule has 1 amide bonds. The second-order valence-corrected chi connectivity index (χ2v) is 8.37. The van der Waals surface area contributed by atoms with Crippen LogP contribution in [-0.4, -0.2) is 41.6 Å². The van der Waals surface area contributed by atoms with E-state index in [0.717, 1.165) is 17.7 Å². The maximum Gasteiger partial charge on any atom is 0.312 e. The highest BCUT2D eigenvalue weighted by Gasteiger charge is 2.47. The van der Waals surface area contributed by atoms with Crippen LogP contribution in [0.25, 0.3) is 11.3 Å². The number of amides is 1. The first-order valence-electron chi connectivity index (χ1n) is 10.5. The molecule has 1 aromatic carbocycles. The van der Waals surface area contributed by atoms with E-state index in [9.17, 15) is 9.59 Å². The first kappa shape index (κ1) is 19.7. The predicted octanol–water partition coefficient (Wildman–Crippen LogP) is 3.71. The van der Waals surface area contributed by atoms with Crippen LogP contribution in [0.1, 0.15) is 38.9 Å². The molecule has 2 heterocycles. The SMILES string of the molecule is CCOC(=O)C1(Cc2cc(-c3ccccc3)no2)CCN(C(=O)[C@H]2C[C@H]2C)CC1. The van der Waals surface area contributed by atoms with E-state index in [-0.39, 0.29) is 17.8 Å². The number of piperidine rings is 1. The molecule has 154 valence electrons. The highest BCUT2D eigenvalue weighted by Crippen LogP contribution is 2.42. The molecule has 1 aliphatic heterocycles. The Kier molecular flexibility index (Phi) is 5.43. The van der Waals surface area contributed by atoms with Gasteiger partial charge in [-0.3, -0.25) is 9.59 Å². The Bertz CT molecular complexity index is 868. The summed E-state index contributed by atoms with van der Waals surface area (Å²) in [6, 6.07) is 11.7. The van der Waals surface area contributed by atoms with Crippen LogP contribution in [0, 0.1) is 17.3 Å². The van der Waals surface area contributed by atoms with Gasteiger partial charge in [-0.25, -0.2) is 0 Å². The van der Waals surface area contributed by atoms with Gasteiger partial charge in [0.05, 0.1) is 12.0 Å². The van der Waals surface area contributed by atoms with Crippen LogP contribution in [0.5, 0.6) is 0 Å². The zero-order valence-electron chi connectivity index (χ0n) is 17.1. The van der Waals surface area contributed by atoms with Crippen molar-refractivity contribution in [2.45, 2.75) is 39.5 Å². The molecule has 0 unspecified atom stereocenters. The van der Waals surface area contributed by atoms with Gasteiger partial charge in [0, 0.05) is 37.1 Å². The highest BCUT2D eigenvalue weighted by molar-refractivity contribution is 5.82. The molecule has 6 heteroatoms. The van der Waals surface area contributed by atoms with Crippen molar-refractivity contribution in [3.63, 3.8) is 0 Å². The number of benzene rings is 1. The molecule has 0 bridgehead atoms. The zero-order valence-corrected chi connectivity index (χ0v) is 17.1. The molecule has 1 saturated carbocycles. The lowest BCUT2D eigenvalue weighted by atomic mass is 9.74. The van der Waals surface area contributed by atoms with Crippen molar-refractivity contribution in [1.29, 1.82) is 0 Å². The molecule has 2 fully saturated rings. The number of aromatic nitrogens is 1. The molecule has 0 radical (unpaired) electrons.